The predicted octanol–water partition coefficient (Wildman–Crippen LogP) is 2.57. The lowest BCUT2D eigenvalue weighted by atomic mass is 10.3. The van der Waals surface area contributed by atoms with E-state index >= 15 is 0 Å². The maximum Gasteiger partial charge on any atom is 0.410 e. The summed E-state index contributed by atoms with van der Waals surface area (Å²) >= 11 is 0. The summed E-state index contributed by atoms with van der Waals surface area (Å²) < 4.78 is 37.8. The first kappa shape index (κ1) is 10.1. The van der Waals surface area contributed by atoms with Crippen molar-refractivity contribution in [3.8, 4) is 0 Å². The van der Waals surface area contributed by atoms with Crippen LogP contribution in [0.15, 0.2) is 12.3 Å². The Kier molecular flexibility index (Phi) is 2.63. The molecule has 1 aromatic heterocycles. The van der Waals surface area contributed by atoms with Crippen molar-refractivity contribution in [2.45, 2.75) is 32.5 Å². The van der Waals surface area contributed by atoms with Crippen LogP contribution in [0.25, 0.3) is 0 Å². The first-order valence-electron chi connectivity index (χ1n) is 4.06. The van der Waals surface area contributed by atoms with E-state index in [0.29, 0.717) is 12.1 Å². The molecular weight excluding hydrogens is 181 g/mol. The largest absolute Gasteiger partial charge is 0.410 e. The Hall–Kier alpha value is -1.00. The fourth-order valence-corrected chi connectivity index (χ4v) is 1.11. The molecule has 0 unspecified atom stereocenters. The number of rotatable bonds is 2. The molecule has 0 radical (unpaired) electrons. The predicted molar refractivity (Wildman–Crippen MR) is 42.4 cm³/mol. The summed E-state index contributed by atoms with van der Waals surface area (Å²) in [6, 6.07) is 0.0554. The van der Waals surface area contributed by atoms with Crippen LogP contribution in [0, 0.1) is 0 Å². The summed E-state index contributed by atoms with van der Waals surface area (Å²) in [7, 11) is 0. The van der Waals surface area contributed by atoms with Crippen molar-refractivity contribution in [2.75, 3.05) is 0 Å². The first-order valence-corrected chi connectivity index (χ1v) is 4.06. The van der Waals surface area contributed by atoms with E-state index < -0.39 is 12.2 Å². The third-order valence-electron chi connectivity index (χ3n) is 1.96. The minimum absolute atomic E-state index is 0.556. The highest BCUT2D eigenvalue weighted by atomic mass is 19.4. The van der Waals surface area contributed by atoms with E-state index in [-0.39, 0.29) is 0 Å². The van der Waals surface area contributed by atoms with Crippen molar-refractivity contribution in [1.29, 1.82) is 0 Å². The molecule has 0 bridgehead atoms. The Bertz CT molecular complexity index is 277. The SMILES string of the molecule is CCc1ccnn1[C@@H](C)C(F)(F)F. The second-order valence-electron chi connectivity index (χ2n) is 2.84. The second-order valence-corrected chi connectivity index (χ2v) is 2.84. The fraction of sp³-hybridized carbons (Fsp3) is 0.625. The number of hydrogen-bond donors (Lipinski definition) is 0. The fourth-order valence-electron chi connectivity index (χ4n) is 1.11. The summed E-state index contributed by atoms with van der Waals surface area (Å²) in [6.07, 6.45) is -2.28. The zero-order chi connectivity index (χ0) is 10.1. The Morgan fingerprint density at radius 2 is 2.15 bits per heavy atom. The second kappa shape index (κ2) is 3.40. The smallest absolute Gasteiger partial charge is 0.258 e. The standard InChI is InChI=1S/C8H11F3N2/c1-3-7-4-5-12-13(7)6(2)8(9,10)11/h4-6H,3H2,1-2H3/t6-/m0/s1. The number of hydrogen-bond acceptors (Lipinski definition) is 1. The van der Waals surface area contributed by atoms with Gasteiger partial charge in [0.25, 0.3) is 0 Å². The van der Waals surface area contributed by atoms with Gasteiger partial charge in [0.1, 0.15) is 6.04 Å². The van der Waals surface area contributed by atoms with Crippen LogP contribution in [0.2, 0.25) is 0 Å². The van der Waals surface area contributed by atoms with E-state index in [1.54, 1.807) is 13.0 Å². The summed E-state index contributed by atoms with van der Waals surface area (Å²) in [5.74, 6) is 0. The number of aromatic nitrogens is 2. The molecule has 0 amide bonds. The van der Waals surface area contributed by atoms with Crippen LogP contribution in [-0.2, 0) is 6.42 Å². The molecule has 0 N–H and O–H groups in total. The van der Waals surface area contributed by atoms with Gasteiger partial charge in [0.05, 0.1) is 0 Å². The van der Waals surface area contributed by atoms with Gasteiger partial charge in [-0.3, -0.25) is 4.68 Å². The molecule has 0 saturated heterocycles. The van der Waals surface area contributed by atoms with E-state index in [1.807, 2.05) is 0 Å². The monoisotopic (exact) mass is 192 g/mol. The number of aryl methyl sites for hydroxylation is 1. The first-order chi connectivity index (χ1) is 5.96. The summed E-state index contributed by atoms with van der Waals surface area (Å²) in [6.45, 7) is 2.91. The quantitative estimate of drug-likeness (QED) is 0.704. The van der Waals surface area contributed by atoms with E-state index in [0.717, 1.165) is 11.6 Å². The van der Waals surface area contributed by atoms with Crippen LogP contribution in [0.4, 0.5) is 13.2 Å². The van der Waals surface area contributed by atoms with Gasteiger partial charge in [-0.05, 0) is 19.4 Å². The minimum atomic E-state index is -4.23. The Morgan fingerprint density at radius 3 is 2.62 bits per heavy atom. The van der Waals surface area contributed by atoms with Gasteiger partial charge in [0.2, 0.25) is 0 Å². The Balaban J connectivity index is 2.94. The maximum atomic E-state index is 12.3. The van der Waals surface area contributed by atoms with Gasteiger partial charge in [-0.25, -0.2) is 0 Å². The Morgan fingerprint density at radius 1 is 1.54 bits per heavy atom. The molecule has 1 heterocycles. The summed E-state index contributed by atoms with van der Waals surface area (Å²) in [4.78, 5) is 0. The molecule has 2 nitrogen and oxygen atoms in total. The van der Waals surface area contributed by atoms with Crippen LogP contribution in [0.1, 0.15) is 25.6 Å². The van der Waals surface area contributed by atoms with Crippen LogP contribution < -0.4 is 0 Å². The molecule has 13 heavy (non-hydrogen) atoms. The molecule has 0 spiro atoms. The topological polar surface area (TPSA) is 17.8 Å². The van der Waals surface area contributed by atoms with Crippen molar-refractivity contribution in [1.82, 2.24) is 9.78 Å². The third-order valence-corrected chi connectivity index (χ3v) is 1.96. The summed E-state index contributed by atoms with van der Waals surface area (Å²) in [5.41, 5.74) is 0.602. The number of nitrogens with zero attached hydrogens (tertiary/aromatic N) is 2. The average Bonchev–Trinajstić information content (AvgIpc) is 2.48. The van der Waals surface area contributed by atoms with E-state index in [9.17, 15) is 13.2 Å². The van der Waals surface area contributed by atoms with E-state index in [1.165, 1.54) is 6.20 Å². The van der Waals surface area contributed by atoms with Gasteiger partial charge in [0, 0.05) is 11.9 Å². The highest BCUT2D eigenvalue weighted by Gasteiger charge is 2.38. The van der Waals surface area contributed by atoms with Crippen LogP contribution in [0.5, 0.6) is 0 Å². The normalized spacial score (nSPS) is 14.5. The van der Waals surface area contributed by atoms with Gasteiger partial charge < -0.3 is 0 Å². The van der Waals surface area contributed by atoms with Crippen LogP contribution in [-0.4, -0.2) is 16.0 Å². The lowest BCUT2D eigenvalue weighted by molar-refractivity contribution is -0.165. The molecule has 74 valence electrons. The molecule has 1 aromatic rings. The van der Waals surface area contributed by atoms with E-state index in [4.69, 9.17) is 0 Å². The molecule has 0 aliphatic heterocycles. The lowest BCUT2D eigenvalue weighted by Crippen LogP contribution is -2.25. The lowest BCUT2D eigenvalue weighted by Gasteiger charge is -2.18. The Labute approximate surface area is 74.4 Å². The number of alkyl halides is 3. The minimum Gasteiger partial charge on any atom is -0.258 e. The van der Waals surface area contributed by atoms with Crippen molar-refractivity contribution < 1.29 is 13.2 Å². The zero-order valence-corrected chi connectivity index (χ0v) is 7.47. The average molecular weight is 192 g/mol. The molecule has 0 aliphatic rings. The highest BCUT2D eigenvalue weighted by Crippen LogP contribution is 2.30. The van der Waals surface area contributed by atoms with E-state index in [2.05, 4.69) is 5.10 Å². The van der Waals surface area contributed by atoms with Crippen molar-refractivity contribution in [3.05, 3.63) is 18.0 Å². The van der Waals surface area contributed by atoms with Crippen LogP contribution >= 0.6 is 0 Å². The van der Waals surface area contributed by atoms with Gasteiger partial charge in [-0.2, -0.15) is 18.3 Å². The maximum absolute atomic E-state index is 12.3. The third kappa shape index (κ3) is 2.02. The molecular formula is C8H11F3N2. The van der Waals surface area contributed by atoms with Crippen molar-refractivity contribution in [3.63, 3.8) is 0 Å². The van der Waals surface area contributed by atoms with Gasteiger partial charge in [-0.15, -0.1) is 0 Å². The van der Waals surface area contributed by atoms with Gasteiger partial charge >= 0.3 is 6.18 Å². The van der Waals surface area contributed by atoms with Crippen molar-refractivity contribution in [2.24, 2.45) is 0 Å². The molecule has 1 atom stereocenters. The highest BCUT2D eigenvalue weighted by molar-refractivity contribution is 5.01. The van der Waals surface area contributed by atoms with Crippen LogP contribution in [0.3, 0.4) is 0 Å². The van der Waals surface area contributed by atoms with Crippen molar-refractivity contribution >= 4 is 0 Å². The van der Waals surface area contributed by atoms with Gasteiger partial charge in [0.15, 0.2) is 0 Å². The zero-order valence-electron chi connectivity index (χ0n) is 7.47. The summed E-state index contributed by atoms with van der Waals surface area (Å²) in [5, 5.41) is 3.65. The molecule has 5 heteroatoms. The molecule has 1 rings (SSSR count). The number of halogens is 3. The molecule has 0 aromatic carbocycles. The molecule has 0 fully saturated rings. The molecule has 0 saturated carbocycles. The molecule has 0 aliphatic carbocycles. The van der Waals surface area contributed by atoms with Gasteiger partial charge in [-0.1, -0.05) is 6.92 Å².